The number of rotatable bonds is 7. The first-order valence-corrected chi connectivity index (χ1v) is 10.9. The van der Waals surface area contributed by atoms with E-state index in [1.54, 1.807) is 11.8 Å². The largest absolute Gasteiger partial charge is 0.372 e. The van der Waals surface area contributed by atoms with Crippen LogP contribution in [0, 0.1) is 0 Å². The number of aromatic nitrogens is 2. The molecule has 30 heavy (non-hydrogen) atoms. The van der Waals surface area contributed by atoms with Crippen LogP contribution in [0.25, 0.3) is 0 Å². The number of hydrogen-bond acceptors (Lipinski definition) is 5. The fraction of sp³-hybridized carbons (Fsp3) is 0.208. The van der Waals surface area contributed by atoms with Crippen LogP contribution in [0.4, 0.5) is 11.4 Å². The number of amides is 1. The van der Waals surface area contributed by atoms with Crippen molar-refractivity contribution in [3.8, 4) is 0 Å². The molecule has 1 aromatic heterocycles. The fourth-order valence-corrected chi connectivity index (χ4v) is 4.26. The Balaban J connectivity index is 1.42. The summed E-state index contributed by atoms with van der Waals surface area (Å²) in [6.07, 6.45) is 6.32. The first-order chi connectivity index (χ1) is 14.7. The Labute approximate surface area is 181 Å². The fourth-order valence-electron chi connectivity index (χ4n) is 3.46. The van der Waals surface area contributed by atoms with E-state index < -0.39 is 0 Å². The molecule has 0 saturated carbocycles. The summed E-state index contributed by atoms with van der Waals surface area (Å²) in [5, 5.41) is 3.65. The summed E-state index contributed by atoms with van der Waals surface area (Å²) < 4.78 is 0. The first kappa shape index (κ1) is 20.2. The maximum absolute atomic E-state index is 11.4. The van der Waals surface area contributed by atoms with Gasteiger partial charge in [-0.05, 0) is 66.9 Å². The van der Waals surface area contributed by atoms with Gasteiger partial charge in [-0.1, -0.05) is 30.5 Å². The molecular formula is C24H24N4OS. The van der Waals surface area contributed by atoms with Gasteiger partial charge in [0.2, 0.25) is 5.91 Å². The van der Waals surface area contributed by atoms with Crippen molar-refractivity contribution in [2.24, 2.45) is 0 Å². The smallest absolute Gasteiger partial charge is 0.247 e. The van der Waals surface area contributed by atoms with Gasteiger partial charge in [0.25, 0.3) is 0 Å². The second-order valence-electron chi connectivity index (χ2n) is 7.17. The van der Waals surface area contributed by atoms with E-state index >= 15 is 0 Å². The standard InChI is InChI=1S/C24H24N4OS/c1-2-23(29)26-19-8-10-21(11-9-19)30-24-12-13-25-22(27-24)17-18-6-5-7-20(16-18)28-14-3-4-15-28/h2,5-13,16H,1,3-4,14-15,17H2,(H,26,29). The molecule has 152 valence electrons. The SMILES string of the molecule is C=CC(=O)Nc1ccc(Sc2ccnc(Cc3cccc(N4CCCC4)c3)n2)cc1. The highest BCUT2D eigenvalue weighted by atomic mass is 32.2. The zero-order valence-corrected chi connectivity index (χ0v) is 17.6. The van der Waals surface area contributed by atoms with Crippen LogP contribution in [-0.4, -0.2) is 29.0 Å². The van der Waals surface area contributed by atoms with E-state index in [1.807, 2.05) is 36.5 Å². The molecular weight excluding hydrogens is 392 g/mol. The van der Waals surface area contributed by atoms with Gasteiger partial charge in [0.1, 0.15) is 10.9 Å². The lowest BCUT2D eigenvalue weighted by Gasteiger charge is -2.18. The molecule has 1 N–H and O–H groups in total. The van der Waals surface area contributed by atoms with Gasteiger partial charge in [0.05, 0.1) is 0 Å². The lowest BCUT2D eigenvalue weighted by molar-refractivity contribution is -0.111. The van der Waals surface area contributed by atoms with Gasteiger partial charge in [-0.3, -0.25) is 4.79 Å². The van der Waals surface area contributed by atoms with Gasteiger partial charge < -0.3 is 10.2 Å². The average Bonchev–Trinajstić information content (AvgIpc) is 3.31. The first-order valence-electron chi connectivity index (χ1n) is 10.1. The van der Waals surface area contributed by atoms with E-state index in [-0.39, 0.29) is 5.91 Å². The quantitative estimate of drug-likeness (QED) is 0.437. The van der Waals surface area contributed by atoms with Crippen LogP contribution >= 0.6 is 11.8 Å². The summed E-state index contributed by atoms with van der Waals surface area (Å²) in [4.78, 5) is 24.1. The molecule has 0 spiro atoms. The lowest BCUT2D eigenvalue weighted by atomic mass is 10.1. The summed E-state index contributed by atoms with van der Waals surface area (Å²) in [6, 6.07) is 18.3. The number of carbonyl (C=O) groups is 1. The number of benzene rings is 2. The minimum Gasteiger partial charge on any atom is -0.372 e. The topological polar surface area (TPSA) is 58.1 Å². The van der Waals surface area contributed by atoms with Gasteiger partial charge in [-0.15, -0.1) is 0 Å². The molecule has 2 aromatic carbocycles. The molecule has 0 unspecified atom stereocenters. The van der Waals surface area contributed by atoms with Crippen molar-refractivity contribution in [1.82, 2.24) is 9.97 Å². The molecule has 0 atom stereocenters. The Morgan fingerprint density at radius 2 is 1.93 bits per heavy atom. The molecule has 0 bridgehead atoms. The molecule has 1 saturated heterocycles. The van der Waals surface area contributed by atoms with E-state index in [1.165, 1.54) is 30.2 Å². The van der Waals surface area contributed by atoms with Crippen molar-refractivity contribution >= 4 is 29.0 Å². The van der Waals surface area contributed by atoms with Crippen LogP contribution in [0.1, 0.15) is 24.2 Å². The van der Waals surface area contributed by atoms with E-state index in [4.69, 9.17) is 4.98 Å². The summed E-state index contributed by atoms with van der Waals surface area (Å²) in [7, 11) is 0. The minimum atomic E-state index is -0.218. The molecule has 1 fully saturated rings. The molecule has 6 heteroatoms. The third-order valence-electron chi connectivity index (χ3n) is 4.95. The summed E-state index contributed by atoms with van der Waals surface area (Å²) in [5.41, 5.74) is 3.26. The zero-order valence-electron chi connectivity index (χ0n) is 16.8. The van der Waals surface area contributed by atoms with Crippen LogP contribution < -0.4 is 10.2 Å². The Morgan fingerprint density at radius 3 is 2.70 bits per heavy atom. The number of anilines is 2. The van der Waals surface area contributed by atoms with Gasteiger partial charge in [0, 0.05) is 42.0 Å². The predicted molar refractivity (Wildman–Crippen MR) is 122 cm³/mol. The molecule has 1 aliphatic rings. The normalized spacial score (nSPS) is 13.3. The molecule has 2 heterocycles. The summed E-state index contributed by atoms with van der Waals surface area (Å²) >= 11 is 1.58. The third-order valence-corrected chi connectivity index (χ3v) is 5.90. The van der Waals surface area contributed by atoms with Crippen LogP contribution in [-0.2, 0) is 11.2 Å². The van der Waals surface area contributed by atoms with Crippen molar-refractivity contribution in [2.45, 2.75) is 29.2 Å². The summed E-state index contributed by atoms with van der Waals surface area (Å²) in [5.74, 6) is 0.595. The predicted octanol–water partition coefficient (Wildman–Crippen LogP) is 4.94. The van der Waals surface area contributed by atoms with Crippen molar-refractivity contribution in [1.29, 1.82) is 0 Å². The monoisotopic (exact) mass is 416 g/mol. The lowest BCUT2D eigenvalue weighted by Crippen LogP contribution is -2.17. The minimum absolute atomic E-state index is 0.218. The second-order valence-corrected chi connectivity index (χ2v) is 8.27. The van der Waals surface area contributed by atoms with Crippen molar-refractivity contribution in [3.63, 3.8) is 0 Å². The van der Waals surface area contributed by atoms with Crippen molar-refractivity contribution in [2.75, 3.05) is 23.3 Å². The Bertz CT molecular complexity index is 1030. The maximum Gasteiger partial charge on any atom is 0.247 e. The Kier molecular flexibility index (Phi) is 6.44. The van der Waals surface area contributed by atoms with Crippen LogP contribution in [0.5, 0.6) is 0 Å². The van der Waals surface area contributed by atoms with Gasteiger partial charge in [-0.2, -0.15) is 0 Å². The van der Waals surface area contributed by atoms with Gasteiger partial charge >= 0.3 is 0 Å². The molecule has 1 aliphatic heterocycles. The molecule has 0 aliphatic carbocycles. The van der Waals surface area contributed by atoms with E-state index in [9.17, 15) is 4.79 Å². The molecule has 3 aromatic rings. The number of hydrogen-bond donors (Lipinski definition) is 1. The van der Waals surface area contributed by atoms with E-state index in [2.05, 4.69) is 46.0 Å². The molecule has 0 radical (unpaired) electrons. The summed E-state index contributed by atoms with van der Waals surface area (Å²) in [6.45, 7) is 5.74. The van der Waals surface area contributed by atoms with E-state index in [0.29, 0.717) is 6.42 Å². The highest BCUT2D eigenvalue weighted by molar-refractivity contribution is 7.99. The van der Waals surface area contributed by atoms with Crippen LogP contribution in [0.2, 0.25) is 0 Å². The number of nitrogens with one attached hydrogen (secondary N) is 1. The second kappa shape index (κ2) is 9.59. The van der Waals surface area contributed by atoms with Crippen molar-refractivity contribution < 1.29 is 4.79 Å². The zero-order chi connectivity index (χ0) is 20.8. The highest BCUT2D eigenvalue weighted by Gasteiger charge is 2.13. The van der Waals surface area contributed by atoms with Crippen LogP contribution in [0.15, 0.2) is 83.4 Å². The van der Waals surface area contributed by atoms with Gasteiger partial charge in [0.15, 0.2) is 0 Å². The third kappa shape index (κ3) is 5.27. The van der Waals surface area contributed by atoms with Crippen molar-refractivity contribution in [3.05, 3.63) is 84.8 Å². The Hall–Kier alpha value is -3.12. The average molecular weight is 417 g/mol. The number of carbonyl (C=O) groups excluding carboxylic acids is 1. The van der Waals surface area contributed by atoms with Crippen LogP contribution in [0.3, 0.4) is 0 Å². The number of nitrogens with zero attached hydrogens (tertiary/aromatic N) is 3. The van der Waals surface area contributed by atoms with Gasteiger partial charge in [-0.25, -0.2) is 9.97 Å². The maximum atomic E-state index is 11.4. The molecule has 4 rings (SSSR count). The highest BCUT2D eigenvalue weighted by Crippen LogP contribution is 2.27. The molecule has 1 amide bonds. The molecule has 5 nitrogen and oxygen atoms in total. The Morgan fingerprint density at radius 1 is 1.13 bits per heavy atom. The van der Waals surface area contributed by atoms with E-state index in [0.717, 1.165) is 34.5 Å².